The lowest BCUT2D eigenvalue weighted by molar-refractivity contribution is -0.0579. The summed E-state index contributed by atoms with van der Waals surface area (Å²) < 4.78 is 0. The number of rotatable bonds is 2. The first-order valence-corrected chi connectivity index (χ1v) is 13.0. The van der Waals surface area contributed by atoms with Crippen LogP contribution in [0, 0.1) is 28.6 Å². The van der Waals surface area contributed by atoms with E-state index >= 15 is 0 Å². The molecule has 3 nitrogen and oxygen atoms in total. The fourth-order valence-corrected chi connectivity index (χ4v) is 8.89. The van der Waals surface area contributed by atoms with E-state index in [2.05, 4.69) is 25.2 Å². The normalized spacial score (nSPS) is 38.5. The number of allylic oxidation sites excluding steroid dienone is 2. The predicted octanol–water partition coefficient (Wildman–Crippen LogP) is 7.08. The van der Waals surface area contributed by atoms with Crippen LogP contribution >= 0.6 is 22.9 Å². The molecule has 0 amide bonds. The van der Waals surface area contributed by atoms with Gasteiger partial charge in [-0.05, 0) is 103 Å². The lowest BCUT2D eigenvalue weighted by Gasteiger charge is -2.56. The molecule has 2 N–H and O–H groups in total. The maximum absolute atomic E-state index is 10.7. The number of thiazole rings is 1. The minimum Gasteiger partial charge on any atom is -0.393 e. The molecule has 0 spiro atoms. The molecule has 4 aliphatic rings. The van der Waals surface area contributed by atoms with E-state index in [1.807, 2.05) is 35.6 Å². The molecule has 4 aliphatic carbocycles. The molecule has 2 aromatic rings. The number of aromatic nitrogens is 1. The average molecular weight is 455 g/mol. The zero-order chi connectivity index (χ0) is 21.4. The van der Waals surface area contributed by atoms with Crippen molar-refractivity contribution in [1.29, 1.82) is 0 Å². The highest BCUT2D eigenvalue weighted by Gasteiger charge is 2.58. The number of hydrogen-bond acceptors (Lipinski definition) is 4. The molecule has 0 radical (unpaired) electrons. The minimum absolute atomic E-state index is 0.0995. The molecule has 0 bridgehead atoms. The van der Waals surface area contributed by atoms with Crippen LogP contribution in [0.3, 0.4) is 0 Å². The Morgan fingerprint density at radius 2 is 1.90 bits per heavy atom. The third-order valence-corrected chi connectivity index (χ3v) is 10.6. The number of fused-ring (bicyclic) bond motifs is 7. The van der Waals surface area contributed by atoms with Crippen molar-refractivity contribution >= 4 is 39.3 Å². The fourth-order valence-electron chi connectivity index (χ4n) is 7.56. The van der Waals surface area contributed by atoms with Crippen molar-refractivity contribution in [3.8, 4) is 0 Å². The summed E-state index contributed by atoms with van der Waals surface area (Å²) in [5.41, 5.74) is 4.24. The Labute approximate surface area is 193 Å². The third kappa shape index (κ3) is 2.98. The van der Waals surface area contributed by atoms with Gasteiger partial charge in [-0.15, -0.1) is 0 Å². The second-order valence-electron chi connectivity index (χ2n) is 10.7. The van der Waals surface area contributed by atoms with E-state index in [0.717, 1.165) is 40.5 Å². The van der Waals surface area contributed by atoms with Gasteiger partial charge in [0.05, 0.1) is 16.7 Å². The highest BCUT2D eigenvalue weighted by molar-refractivity contribution is 7.16. The van der Waals surface area contributed by atoms with E-state index in [9.17, 15) is 5.11 Å². The maximum Gasteiger partial charge on any atom is 0.187 e. The van der Waals surface area contributed by atoms with Gasteiger partial charge in [0.2, 0.25) is 0 Å². The van der Waals surface area contributed by atoms with Crippen LogP contribution in [0.15, 0.2) is 30.3 Å². The van der Waals surface area contributed by atoms with Crippen LogP contribution in [0.1, 0.15) is 62.9 Å². The van der Waals surface area contributed by atoms with Gasteiger partial charge < -0.3 is 10.4 Å². The van der Waals surface area contributed by atoms with E-state index in [4.69, 9.17) is 16.6 Å². The Kier molecular flexibility index (Phi) is 4.62. The van der Waals surface area contributed by atoms with Gasteiger partial charge in [-0.3, -0.25) is 0 Å². The molecule has 6 atom stereocenters. The number of benzene rings is 1. The maximum atomic E-state index is 10.7. The SMILES string of the molecule is C[C@]12CC[C@H]3[C@@H](CC=C4c5sc(Nc6ccc(Cl)cc6)nc5CC[C@@]43C)[C@@H]1CC[C@@H]2O. The van der Waals surface area contributed by atoms with Crippen LogP contribution in [0.5, 0.6) is 0 Å². The fraction of sp³-hybridized carbons (Fsp3) is 0.577. The zero-order valence-corrected chi connectivity index (χ0v) is 19.9. The van der Waals surface area contributed by atoms with Gasteiger partial charge in [-0.2, -0.15) is 0 Å². The Morgan fingerprint density at radius 3 is 2.71 bits per heavy atom. The van der Waals surface area contributed by atoms with Crippen LogP contribution in [0.2, 0.25) is 5.02 Å². The number of anilines is 2. The van der Waals surface area contributed by atoms with Crippen LogP contribution < -0.4 is 5.32 Å². The predicted molar refractivity (Wildman–Crippen MR) is 129 cm³/mol. The molecule has 31 heavy (non-hydrogen) atoms. The van der Waals surface area contributed by atoms with Crippen molar-refractivity contribution in [2.75, 3.05) is 5.32 Å². The first kappa shape index (κ1) is 20.3. The second-order valence-corrected chi connectivity index (χ2v) is 12.1. The lowest BCUT2D eigenvalue weighted by atomic mass is 9.48. The van der Waals surface area contributed by atoms with Crippen molar-refractivity contribution in [3.63, 3.8) is 0 Å². The number of nitrogens with zero attached hydrogens (tertiary/aromatic N) is 1. The summed E-state index contributed by atoms with van der Waals surface area (Å²) in [6.07, 6.45) is 10.5. The topological polar surface area (TPSA) is 45.2 Å². The van der Waals surface area contributed by atoms with Crippen LogP contribution in [0.4, 0.5) is 10.8 Å². The molecule has 0 saturated heterocycles. The highest BCUT2D eigenvalue weighted by Crippen LogP contribution is 2.66. The molecule has 1 aromatic heterocycles. The van der Waals surface area contributed by atoms with E-state index < -0.39 is 0 Å². The summed E-state index contributed by atoms with van der Waals surface area (Å²) in [7, 11) is 0. The molecule has 2 fully saturated rings. The van der Waals surface area contributed by atoms with Gasteiger partial charge in [0.25, 0.3) is 0 Å². The average Bonchev–Trinajstić information content (AvgIpc) is 3.29. The largest absolute Gasteiger partial charge is 0.393 e. The Bertz CT molecular complexity index is 1050. The van der Waals surface area contributed by atoms with E-state index in [1.165, 1.54) is 42.7 Å². The quantitative estimate of drug-likeness (QED) is 0.509. The Morgan fingerprint density at radius 1 is 1.10 bits per heavy atom. The molecule has 1 heterocycles. The number of aryl methyl sites for hydroxylation is 1. The molecule has 6 rings (SSSR count). The summed E-state index contributed by atoms with van der Waals surface area (Å²) >= 11 is 7.85. The first-order chi connectivity index (χ1) is 14.9. The summed E-state index contributed by atoms with van der Waals surface area (Å²) in [6, 6.07) is 7.84. The summed E-state index contributed by atoms with van der Waals surface area (Å²) in [5.74, 6) is 2.14. The van der Waals surface area contributed by atoms with Crippen molar-refractivity contribution in [3.05, 3.63) is 45.9 Å². The van der Waals surface area contributed by atoms with Crippen molar-refractivity contribution in [2.24, 2.45) is 28.6 Å². The number of hydrogen-bond donors (Lipinski definition) is 2. The highest BCUT2D eigenvalue weighted by atomic mass is 35.5. The third-order valence-electron chi connectivity index (χ3n) is 9.33. The number of nitrogens with one attached hydrogen (secondary N) is 1. The summed E-state index contributed by atoms with van der Waals surface area (Å²) in [6.45, 7) is 4.89. The van der Waals surface area contributed by atoms with Crippen molar-refractivity contribution in [1.82, 2.24) is 4.98 Å². The second kappa shape index (κ2) is 7.07. The van der Waals surface area contributed by atoms with E-state index in [0.29, 0.717) is 5.92 Å². The van der Waals surface area contributed by atoms with Gasteiger partial charge in [0.1, 0.15) is 0 Å². The zero-order valence-electron chi connectivity index (χ0n) is 18.3. The van der Waals surface area contributed by atoms with Gasteiger partial charge in [0.15, 0.2) is 5.13 Å². The molecular formula is C26H31ClN2OS. The van der Waals surface area contributed by atoms with Gasteiger partial charge in [-0.1, -0.05) is 42.9 Å². The Balaban J connectivity index is 1.32. The first-order valence-electron chi connectivity index (χ1n) is 11.8. The van der Waals surface area contributed by atoms with Gasteiger partial charge >= 0.3 is 0 Å². The molecule has 2 saturated carbocycles. The summed E-state index contributed by atoms with van der Waals surface area (Å²) in [4.78, 5) is 6.38. The smallest absolute Gasteiger partial charge is 0.187 e. The van der Waals surface area contributed by atoms with Gasteiger partial charge in [0, 0.05) is 10.7 Å². The minimum atomic E-state index is -0.0995. The number of aliphatic hydroxyl groups is 1. The number of halogens is 1. The van der Waals surface area contributed by atoms with E-state index in [-0.39, 0.29) is 16.9 Å². The molecule has 5 heteroatoms. The lowest BCUT2D eigenvalue weighted by Crippen LogP contribution is -2.50. The standard InChI is InChI=1S/C26H31ClN2OS/c1-25-14-12-21-23(31-24(29-21)28-16-5-3-15(27)4-6-16)20(25)8-7-17-18-9-10-22(30)26(18,2)13-11-19(17)25/h3-6,8,17-19,22,30H,7,9-14H2,1-2H3,(H,28,29)/t17-,18-,19-,22-,25+,26-/m0/s1. The summed E-state index contributed by atoms with van der Waals surface area (Å²) in [5, 5.41) is 15.9. The monoisotopic (exact) mass is 454 g/mol. The molecule has 1 aromatic carbocycles. The molecular weight excluding hydrogens is 424 g/mol. The number of aliphatic hydroxyl groups excluding tert-OH is 1. The van der Waals surface area contributed by atoms with Crippen LogP contribution in [-0.2, 0) is 6.42 Å². The van der Waals surface area contributed by atoms with Gasteiger partial charge in [-0.25, -0.2) is 4.98 Å². The molecule has 0 unspecified atom stereocenters. The van der Waals surface area contributed by atoms with Crippen LogP contribution in [0.25, 0.3) is 5.57 Å². The Hall–Kier alpha value is -1.36. The molecule has 164 valence electrons. The van der Waals surface area contributed by atoms with Crippen LogP contribution in [-0.4, -0.2) is 16.2 Å². The van der Waals surface area contributed by atoms with E-state index in [1.54, 1.807) is 5.57 Å². The van der Waals surface area contributed by atoms with Crippen molar-refractivity contribution in [2.45, 2.75) is 64.9 Å². The van der Waals surface area contributed by atoms with Crippen molar-refractivity contribution < 1.29 is 5.11 Å². The molecule has 0 aliphatic heterocycles.